The van der Waals surface area contributed by atoms with Crippen molar-refractivity contribution in [1.82, 2.24) is 4.90 Å². The number of likely N-dealkylation sites (N-methyl/N-ethyl adjacent to an activating group) is 1. The molecule has 0 spiro atoms. The smallest absolute Gasteiger partial charge is 1.00 e. The summed E-state index contributed by atoms with van der Waals surface area (Å²) in [5, 5.41) is 19.1. The molecule has 112 valence electrons. The van der Waals surface area contributed by atoms with E-state index in [1.165, 1.54) is 0 Å². The summed E-state index contributed by atoms with van der Waals surface area (Å²) in [6, 6.07) is 0. The van der Waals surface area contributed by atoms with E-state index in [4.69, 9.17) is 0 Å². The van der Waals surface area contributed by atoms with Crippen molar-refractivity contribution in [2.24, 2.45) is 4.99 Å². The van der Waals surface area contributed by atoms with Crippen LogP contribution < -0.4 is 34.7 Å². The van der Waals surface area contributed by atoms with Crippen molar-refractivity contribution < 1.29 is 50.5 Å². The maximum atomic E-state index is 9.89. The number of aliphatic hydroxyl groups is 1. The van der Waals surface area contributed by atoms with E-state index >= 15 is 0 Å². The SMILES string of the molecule is C=CCN1CCN=C1C(C)O.C[N+](C)(C)CC(=O)[O-].[H-].[Na+]. The van der Waals surface area contributed by atoms with Crippen molar-refractivity contribution in [3.8, 4) is 0 Å². The van der Waals surface area contributed by atoms with Crippen LogP contribution in [0.5, 0.6) is 0 Å². The van der Waals surface area contributed by atoms with Crippen molar-refractivity contribution in [3.05, 3.63) is 12.7 Å². The molecule has 0 radical (unpaired) electrons. The zero-order chi connectivity index (χ0) is 15.1. The van der Waals surface area contributed by atoms with Crippen molar-refractivity contribution in [2.45, 2.75) is 13.0 Å². The van der Waals surface area contributed by atoms with Gasteiger partial charge in [0.1, 0.15) is 18.5 Å². The van der Waals surface area contributed by atoms with Crippen LogP contribution in [0.3, 0.4) is 0 Å². The van der Waals surface area contributed by atoms with Gasteiger partial charge in [-0.15, -0.1) is 6.58 Å². The van der Waals surface area contributed by atoms with Crippen LogP contribution in [0.2, 0.25) is 0 Å². The maximum Gasteiger partial charge on any atom is 1.00 e. The molecule has 0 aromatic rings. The third kappa shape index (κ3) is 10.4. The Morgan fingerprint density at radius 2 is 2.20 bits per heavy atom. The molecule has 1 aliphatic heterocycles. The van der Waals surface area contributed by atoms with Crippen LogP contribution in [0.25, 0.3) is 0 Å². The van der Waals surface area contributed by atoms with Crippen molar-refractivity contribution in [1.29, 1.82) is 0 Å². The number of nitrogens with zero attached hydrogens (tertiary/aromatic N) is 3. The van der Waals surface area contributed by atoms with Crippen LogP contribution >= 0.6 is 0 Å². The van der Waals surface area contributed by atoms with Crippen LogP contribution in [0, 0.1) is 0 Å². The van der Waals surface area contributed by atoms with E-state index in [0.717, 1.165) is 25.5 Å². The van der Waals surface area contributed by atoms with Gasteiger partial charge in [-0.1, -0.05) is 6.08 Å². The zero-order valence-electron chi connectivity index (χ0n) is 14.3. The first kappa shape index (κ1) is 21.9. The topological polar surface area (TPSA) is 76.0 Å². The minimum absolute atomic E-state index is 0. The largest absolute Gasteiger partial charge is 1.00 e. The van der Waals surface area contributed by atoms with Gasteiger partial charge < -0.3 is 25.8 Å². The molecular formula is C13H26N3NaO3. The molecule has 0 amide bonds. The molecular weight excluding hydrogens is 269 g/mol. The molecule has 6 nitrogen and oxygen atoms in total. The monoisotopic (exact) mass is 295 g/mol. The van der Waals surface area contributed by atoms with Gasteiger partial charge in [0.15, 0.2) is 0 Å². The Hall–Kier alpha value is -0.400. The van der Waals surface area contributed by atoms with E-state index in [1.54, 1.807) is 28.1 Å². The Morgan fingerprint density at radius 3 is 2.50 bits per heavy atom. The summed E-state index contributed by atoms with van der Waals surface area (Å²) in [6.07, 6.45) is 1.38. The Bertz CT molecular complexity index is 344. The van der Waals surface area contributed by atoms with E-state index < -0.39 is 12.1 Å². The summed E-state index contributed by atoms with van der Waals surface area (Å²) in [6.45, 7) is 7.94. The van der Waals surface area contributed by atoms with Gasteiger partial charge in [-0.2, -0.15) is 0 Å². The van der Waals surface area contributed by atoms with E-state index in [2.05, 4.69) is 11.6 Å². The quantitative estimate of drug-likeness (QED) is 0.317. The van der Waals surface area contributed by atoms with E-state index in [1.807, 2.05) is 11.0 Å². The molecule has 0 aromatic carbocycles. The first-order valence-electron chi connectivity index (χ1n) is 6.26. The van der Waals surface area contributed by atoms with Gasteiger partial charge in [-0.05, 0) is 6.92 Å². The Kier molecular flexibility index (Phi) is 11.3. The fraction of sp³-hybridized carbons (Fsp3) is 0.692. The average molecular weight is 295 g/mol. The zero-order valence-corrected chi connectivity index (χ0v) is 15.3. The number of aliphatic imine (C=N–C) groups is 1. The van der Waals surface area contributed by atoms with Crippen molar-refractivity contribution >= 4 is 11.8 Å². The Labute approximate surface area is 145 Å². The number of aliphatic carboxylic acids is 1. The van der Waals surface area contributed by atoms with E-state index in [0.29, 0.717) is 4.48 Å². The molecule has 0 aliphatic carbocycles. The minimum Gasteiger partial charge on any atom is -1.00 e. The van der Waals surface area contributed by atoms with Gasteiger partial charge in [0.2, 0.25) is 0 Å². The van der Waals surface area contributed by atoms with Gasteiger partial charge in [0.05, 0.1) is 33.7 Å². The second kappa shape index (κ2) is 10.3. The van der Waals surface area contributed by atoms with Gasteiger partial charge in [0, 0.05) is 13.1 Å². The molecule has 0 fully saturated rings. The predicted molar refractivity (Wildman–Crippen MR) is 74.8 cm³/mol. The summed E-state index contributed by atoms with van der Waals surface area (Å²) in [7, 11) is 5.40. The van der Waals surface area contributed by atoms with Gasteiger partial charge in [0.25, 0.3) is 0 Å². The number of carboxylic acid groups (broad SMARTS) is 1. The molecule has 1 atom stereocenters. The molecule has 20 heavy (non-hydrogen) atoms. The summed E-state index contributed by atoms with van der Waals surface area (Å²) in [5.41, 5.74) is 0. The molecule has 0 saturated heterocycles. The number of hydrogen-bond donors (Lipinski definition) is 1. The Morgan fingerprint density at radius 1 is 1.65 bits per heavy atom. The first-order chi connectivity index (χ1) is 8.67. The fourth-order valence-corrected chi connectivity index (χ4v) is 1.62. The van der Waals surface area contributed by atoms with Gasteiger partial charge in [-0.3, -0.25) is 4.99 Å². The number of carbonyl (C=O) groups is 1. The number of carboxylic acids is 1. The average Bonchev–Trinajstić information content (AvgIpc) is 2.63. The predicted octanol–water partition coefficient (Wildman–Crippen LogP) is -4.17. The van der Waals surface area contributed by atoms with Crippen LogP contribution in [-0.4, -0.2) is 79.7 Å². The number of aliphatic hydroxyl groups excluding tert-OH is 1. The number of amidine groups is 1. The molecule has 1 aliphatic rings. The third-order valence-corrected chi connectivity index (χ3v) is 2.29. The number of rotatable bonds is 5. The number of hydrogen-bond acceptors (Lipinski definition) is 5. The van der Waals surface area contributed by atoms with Crippen LogP contribution in [0.1, 0.15) is 8.35 Å². The number of quaternary nitrogens is 1. The summed E-state index contributed by atoms with van der Waals surface area (Å²) in [5.74, 6) is -0.206. The standard InChI is InChI=1S/C8H14N2O.C5H11NO2.Na.H/c1-3-5-10-6-4-9-8(10)7(2)11;1-6(2,3)4-5(7)8;;/h3,7,11H,1,4-6H2,2H3;4H2,1-3H3;;/q;;+1;-1. The summed E-state index contributed by atoms with van der Waals surface area (Å²) < 4.78 is 0.419. The van der Waals surface area contributed by atoms with Crippen molar-refractivity contribution in [3.63, 3.8) is 0 Å². The van der Waals surface area contributed by atoms with Crippen LogP contribution in [0.15, 0.2) is 17.6 Å². The summed E-state index contributed by atoms with van der Waals surface area (Å²) in [4.78, 5) is 16.1. The van der Waals surface area contributed by atoms with Gasteiger partial charge in [-0.25, -0.2) is 0 Å². The molecule has 1 heterocycles. The molecule has 1 unspecified atom stereocenters. The van der Waals surface area contributed by atoms with E-state index in [9.17, 15) is 15.0 Å². The molecule has 1 rings (SSSR count). The van der Waals surface area contributed by atoms with Crippen molar-refractivity contribution in [2.75, 3.05) is 47.3 Å². The van der Waals surface area contributed by atoms with Crippen LogP contribution in [-0.2, 0) is 4.79 Å². The molecule has 0 saturated carbocycles. The normalized spacial score (nSPS) is 15.4. The fourth-order valence-electron chi connectivity index (χ4n) is 1.62. The maximum absolute atomic E-state index is 9.89. The number of carbonyl (C=O) groups excluding carboxylic acids is 1. The third-order valence-electron chi connectivity index (χ3n) is 2.29. The van der Waals surface area contributed by atoms with Crippen LogP contribution in [0.4, 0.5) is 0 Å². The van der Waals surface area contributed by atoms with Gasteiger partial charge >= 0.3 is 29.6 Å². The first-order valence-corrected chi connectivity index (χ1v) is 6.26. The molecule has 1 N–H and O–H groups in total. The second-order valence-corrected chi connectivity index (χ2v) is 5.47. The molecule has 0 aromatic heterocycles. The molecule has 7 heteroatoms. The second-order valence-electron chi connectivity index (χ2n) is 5.47. The summed E-state index contributed by atoms with van der Waals surface area (Å²) >= 11 is 0. The Balaban J connectivity index is -0.000000295. The molecule has 0 bridgehead atoms. The minimum atomic E-state index is -1.00. The van der Waals surface area contributed by atoms with E-state index in [-0.39, 0.29) is 37.5 Å².